The van der Waals surface area contributed by atoms with Crippen molar-refractivity contribution in [1.29, 1.82) is 0 Å². The lowest BCUT2D eigenvalue weighted by molar-refractivity contribution is 0.0682. The van der Waals surface area contributed by atoms with E-state index in [1.807, 2.05) is 0 Å². The van der Waals surface area contributed by atoms with Gasteiger partial charge in [-0.05, 0) is 29.9 Å². The average Bonchev–Trinajstić information content (AvgIpc) is 3.44. The van der Waals surface area contributed by atoms with Gasteiger partial charge in [-0.25, -0.2) is 14.8 Å². The van der Waals surface area contributed by atoms with Crippen molar-refractivity contribution in [3.8, 4) is 0 Å². The molecule has 25 heavy (non-hydrogen) atoms. The number of rotatable bonds is 6. The van der Waals surface area contributed by atoms with Gasteiger partial charge in [-0.2, -0.15) is 0 Å². The second kappa shape index (κ2) is 7.01. The van der Waals surface area contributed by atoms with Crippen LogP contribution in [-0.2, 0) is 6.54 Å². The molecule has 0 unspecified atom stereocenters. The molecule has 0 aliphatic heterocycles. The van der Waals surface area contributed by atoms with Crippen LogP contribution in [0.3, 0.4) is 0 Å². The Morgan fingerprint density at radius 2 is 1.72 bits per heavy atom. The van der Waals surface area contributed by atoms with E-state index in [1.165, 1.54) is 11.8 Å². The van der Waals surface area contributed by atoms with E-state index >= 15 is 0 Å². The van der Waals surface area contributed by atoms with Gasteiger partial charge in [-0.3, -0.25) is 4.79 Å². The maximum Gasteiger partial charge on any atom is 0.356 e. The van der Waals surface area contributed by atoms with E-state index in [9.17, 15) is 9.59 Å². The molecule has 2 aromatic rings. The molecule has 6 nitrogen and oxygen atoms in total. The van der Waals surface area contributed by atoms with Gasteiger partial charge in [0.25, 0.3) is 5.91 Å². The summed E-state index contributed by atoms with van der Waals surface area (Å²) in [7, 11) is 0. The molecule has 0 radical (unpaired) electrons. The fraction of sp³-hybridized carbons (Fsp3) is 0.368. The van der Waals surface area contributed by atoms with Crippen LogP contribution < -0.4 is 0 Å². The third-order valence-corrected chi connectivity index (χ3v) is 4.34. The largest absolute Gasteiger partial charge is 0.476 e. The number of amides is 1. The maximum atomic E-state index is 12.8. The summed E-state index contributed by atoms with van der Waals surface area (Å²) in [4.78, 5) is 33.2. The van der Waals surface area contributed by atoms with E-state index < -0.39 is 5.97 Å². The topological polar surface area (TPSA) is 83.4 Å². The molecule has 1 fully saturated rings. The molecule has 1 aromatic carbocycles. The molecule has 1 aromatic heterocycles. The number of benzene rings is 1. The van der Waals surface area contributed by atoms with Gasteiger partial charge in [0.2, 0.25) is 0 Å². The summed E-state index contributed by atoms with van der Waals surface area (Å²) >= 11 is 0. The smallest absolute Gasteiger partial charge is 0.356 e. The molecular formula is C19H21N3O3. The Kier molecular flexibility index (Phi) is 4.79. The van der Waals surface area contributed by atoms with Crippen molar-refractivity contribution < 1.29 is 14.7 Å². The monoisotopic (exact) mass is 339 g/mol. The maximum absolute atomic E-state index is 12.8. The quantitative estimate of drug-likeness (QED) is 0.874. The first-order chi connectivity index (χ1) is 12.0. The Bertz CT molecular complexity index is 766. The van der Waals surface area contributed by atoms with Gasteiger partial charge >= 0.3 is 5.97 Å². The molecule has 1 aliphatic rings. The summed E-state index contributed by atoms with van der Waals surface area (Å²) in [5, 5.41) is 8.88. The first-order valence-corrected chi connectivity index (χ1v) is 8.41. The molecule has 0 atom stereocenters. The minimum atomic E-state index is -1.16. The highest BCUT2D eigenvalue weighted by Gasteiger charge is 2.33. The Hall–Kier alpha value is -2.76. The lowest BCUT2D eigenvalue weighted by atomic mass is 10.0. The second-order valence-corrected chi connectivity index (χ2v) is 6.65. The third-order valence-electron chi connectivity index (χ3n) is 4.34. The number of hydrogen-bond donors (Lipinski definition) is 1. The van der Waals surface area contributed by atoms with Gasteiger partial charge < -0.3 is 10.0 Å². The van der Waals surface area contributed by atoms with Crippen LogP contribution in [-0.4, -0.2) is 37.9 Å². The molecule has 1 N–H and O–H groups in total. The van der Waals surface area contributed by atoms with E-state index in [4.69, 9.17) is 5.11 Å². The summed E-state index contributed by atoms with van der Waals surface area (Å²) in [6.07, 6.45) is 4.33. The summed E-state index contributed by atoms with van der Waals surface area (Å²) < 4.78 is 0. The van der Waals surface area contributed by atoms with Gasteiger partial charge in [-0.15, -0.1) is 0 Å². The van der Waals surface area contributed by atoms with Crippen LogP contribution in [0.1, 0.15) is 64.7 Å². The summed E-state index contributed by atoms with van der Waals surface area (Å²) in [6.45, 7) is 4.81. The number of carbonyl (C=O) groups excluding carboxylic acids is 1. The van der Waals surface area contributed by atoms with Gasteiger partial charge in [0.05, 0.1) is 12.4 Å². The lowest BCUT2D eigenvalue weighted by Gasteiger charge is -2.22. The van der Waals surface area contributed by atoms with Crippen molar-refractivity contribution in [2.45, 2.75) is 45.2 Å². The standard InChI is InChI=1S/C19H21N3O3/c1-12(2)14-5-3-13(4-6-14)11-22(15-7-8-15)18(23)16-9-21-17(10-20-16)19(24)25/h3-6,9-10,12,15H,7-8,11H2,1-2H3,(H,24,25). The SMILES string of the molecule is CC(C)c1ccc(CN(C(=O)c2cnc(C(=O)O)cn2)C2CC2)cc1. The summed E-state index contributed by atoms with van der Waals surface area (Å²) in [6, 6.07) is 8.51. The number of carboxylic acids is 1. The predicted molar refractivity (Wildman–Crippen MR) is 92.4 cm³/mol. The van der Waals surface area contributed by atoms with Gasteiger partial charge in [0, 0.05) is 12.6 Å². The van der Waals surface area contributed by atoms with E-state index in [-0.39, 0.29) is 23.3 Å². The number of nitrogens with zero attached hydrogens (tertiary/aromatic N) is 3. The number of hydrogen-bond acceptors (Lipinski definition) is 4. The molecule has 130 valence electrons. The van der Waals surface area contributed by atoms with Crippen molar-refractivity contribution in [2.75, 3.05) is 0 Å². The Morgan fingerprint density at radius 3 is 2.20 bits per heavy atom. The second-order valence-electron chi connectivity index (χ2n) is 6.65. The highest BCUT2D eigenvalue weighted by molar-refractivity contribution is 5.93. The van der Waals surface area contributed by atoms with E-state index in [0.29, 0.717) is 12.5 Å². The fourth-order valence-electron chi connectivity index (χ4n) is 2.65. The summed E-state index contributed by atoms with van der Waals surface area (Å²) in [5.41, 5.74) is 2.34. The van der Waals surface area contributed by atoms with Crippen LogP contribution in [0.4, 0.5) is 0 Å². The zero-order valence-electron chi connectivity index (χ0n) is 14.3. The molecular weight excluding hydrogens is 318 g/mol. The van der Waals surface area contributed by atoms with Crippen LogP contribution in [0.25, 0.3) is 0 Å². The highest BCUT2D eigenvalue weighted by atomic mass is 16.4. The first kappa shape index (κ1) is 17.1. The molecule has 0 saturated heterocycles. The van der Waals surface area contributed by atoms with Crippen LogP contribution in [0.15, 0.2) is 36.7 Å². The van der Waals surface area contributed by atoms with Crippen LogP contribution >= 0.6 is 0 Å². The molecule has 6 heteroatoms. The number of carbonyl (C=O) groups is 2. The Balaban J connectivity index is 1.76. The molecule has 3 rings (SSSR count). The van der Waals surface area contributed by atoms with Gasteiger partial charge in [0.15, 0.2) is 5.69 Å². The zero-order chi connectivity index (χ0) is 18.0. The highest BCUT2D eigenvalue weighted by Crippen LogP contribution is 2.29. The molecule has 0 bridgehead atoms. The van der Waals surface area contributed by atoms with Crippen molar-refractivity contribution in [1.82, 2.24) is 14.9 Å². The number of aromatic nitrogens is 2. The van der Waals surface area contributed by atoms with E-state index in [1.54, 1.807) is 4.90 Å². The van der Waals surface area contributed by atoms with Crippen LogP contribution in [0.5, 0.6) is 0 Å². The predicted octanol–water partition coefficient (Wildman–Crippen LogP) is 3.10. The molecule has 0 spiro atoms. The van der Waals surface area contributed by atoms with E-state index in [2.05, 4.69) is 48.1 Å². The minimum Gasteiger partial charge on any atom is -0.476 e. The number of carboxylic acid groups (broad SMARTS) is 1. The first-order valence-electron chi connectivity index (χ1n) is 8.41. The normalized spacial score (nSPS) is 13.7. The van der Waals surface area contributed by atoms with Crippen molar-refractivity contribution in [3.05, 3.63) is 59.2 Å². The molecule has 1 amide bonds. The van der Waals surface area contributed by atoms with Crippen molar-refractivity contribution in [2.24, 2.45) is 0 Å². The van der Waals surface area contributed by atoms with Gasteiger partial charge in [-0.1, -0.05) is 38.1 Å². The third kappa shape index (κ3) is 4.02. The molecule has 1 aliphatic carbocycles. The molecule has 1 heterocycles. The van der Waals surface area contributed by atoms with Crippen molar-refractivity contribution >= 4 is 11.9 Å². The van der Waals surface area contributed by atoms with Gasteiger partial charge in [0.1, 0.15) is 5.69 Å². The Labute approximate surface area is 146 Å². The average molecular weight is 339 g/mol. The van der Waals surface area contributed by atoms with Crippen LogP contribution in [0, 0.1) is 0 Å². The fourth-order valence-corrected chi connectivity index (χ4v) is 2.65. The lowest BCUT2D eigenvalue weighted by Crippen LogP contribution is -2.33. The molecule has 1 saturated carbocycles. The zero-order valence-corrected chi connectivity index (χ0v) is 14.3. The van der Waals surface area contributed by atoms with Crippen LogP contribution in [0.2, 0.25) is 0 Å². The number of aromatic carboxylic acids is 1. The van der Waals surface area contributed by atoms with Crippen molar-refractivity contribution in [3.63, 3.8) is 0 Å². The minimum absolute atomic E-state index is 0.168. The Morgan fingerprint density at radius 1 is 1.12 bits per heavy atom. The summed E-state index contributed by atoms with van der Waals surface area (Å²) in [5.74, 6) is -0.895. The van der Waals surface area contributed by atoms with E-state index in [0.717, 1.165) is 24.6 Å².